The Balaban J connectivity index is 0.000000186. The summed E-state index contributed by atoms with van der Waals surface area (Å²) in [5.74, 6) is -1.07. The molecule has 12 aromatic rings. The van der Waals surface area contributed by atoms with Crippen LogP contribution in [0.15, 0.2) is 227 Å². The van der Waals surface area contributed by atoms with Gasteiger partial charge in [0.05, 0.1) is 110 Å². The van der Waals surface area contributed by atoms with Crippen molar-refractivity contribution in [2.24, 2.45) is 0 Å². The third kappa shape index (κ3) is 25.2. The zero-order valence-electron chi connectivity index (χ0n) is 61.4. The number of aromatic nitrogens is 6. The first-order chi connectivity index (χ1) is 57.1. The number of aryl methyl sites for hydroxylation is 3. The van der Waals surface area contributed by atoms with Crippen molar-refractivity contribution in [3.8, 4) is 11.6 Å². The highest BCUT2D eigenvalue weighted by Gasteiger charge is 2.39. The smallest absolute Gasteiger partial charge is 0.417 e. The molecule has 0 aliphatic carbocycles. The number of rotatable bonds is 20. The molecule has 6 aromatic heterocycles. The van der Waals surface area contributed by atoms with Crippen LogP contribution in [0.25, 0.3) is 0 Å². The lowest BCUT2D eigenvalue weighted by Gasteiger charge is -2.17. The number of ether oxygens (including phenoxy) is 1. The number of carbonyl (C=O) groups excluding carboxylic acids is 2. The molecule has 0 aliphatic rings. The van der Waals surface area contributed by atoms with E-state index < -0.39 is 144 Å². The molecule has 1 unspecified atom stereocenters. The van der Waals surface area contributed by atoms with Crippen LogP contribution in [0.1, 0.15) is 88.5 Å². The Labute approximate surface area is 735 Å². The summed E-state index contributed by atoms with van der Waals surface area (Å²) >= 11 is 51.8. The molecule has 0 fully saturated rings. The van der Waals surface area contributed by atoms with Crippen molar-refractivity contribution in [2.75, 3.05) is 18.9 Å². The summed E-state index contributed by atoms with van der Waals surface area (Å²) in [6, 6.07) is 30.7. The molecule has 0 saturated heterocycles. The van der Waals surface area contributed by atoms with Crippen molar-refractivity contribution in [1.29, 1.82) is 0 Å². The number of aliphatic hydroxyl groups excluding tert-OH is 1. The van der Waals surface area contributed by atoms with E-state index in [2.05, 4.69) is 48.8 Å². The minimum atomic E-state index is -4.87. The second-order valence-corrected chi connectivity index (χ2v) is 35.6. The molecule has 0 spiro atoms. The number of nitrogens with zero attached hydrogens (tertiary/aromatic N) is 6. The maximum Gasteiger partial charge on any atom is 0.417 e. The fourth-order valence-electron chi connectivity index (χ4n) is 10.3. The molecule has 0 saturated carbocycles. The third-order valence-corrected chi connectivity index (χ3v) is 24.1. The number of carbonyl (C=O) groups is 2. The van der Waals surface area contributed by atoms with E-state index in [1.165, 1.54) is 73.4 Å². The molecular weight excluding hydrogens is 1920 g/mol. The predicted octanol–water partition coefficient (Wildman–Crippen LogP) is 22.5. The Hall–Kier alpha value is -9.91. The van der Waals surface area contributed by atoms with E-state index in [-0.39, 0.29) is 82.0 Å². The largest absolute Gasteiger partial charge is 0.437 e. The normalized spacial score (nSPS) is 12.2. The molecule has 12 rings (SSSR count). The maximum atomic E-state index is 13.1. The number of pyridine rings is 6. The average molecular weight is 1970 g/mol. The Kier molecular flexibility index (Phi) is 30.8. The van der Waals surface area contributed by atoms with Crippen LogP contribution in [-0.4, -0.2) is 80.2 Å². The summed E-state index contributed by atoms with van der Waals surface area (Å²) in [6.45, 7) is 5.42. The summed E-state index contributed by atoms with van der Waals surface area (Å²) in [6.07, 6.45) is -11.9. The molecule has 1 atom stereocenters. The van der Waals surface area contributed by atoms with Crippen LogP contribution < -0.4 is 23.6 Å². The van der Waals surface area contributed by atoms with Gasteiger partial charge in [-0.25, -0.2) is 48.6 Å². The Morgan fingerprint density at radius 3 is 1.16 bits per heavy atom. The molecule has 0 aliphatic heterocycles. The predicted molar refractivity (Wildman–Crippen MR) is 438 cm³/mol. The first-order valence-electron chi connectivity index (χ1n) is 33.4. The number of hydrogen-bond donors (Lipinski definition) is 5. The first kappa shape index (κ1) is 96.9. The van der Waals surface area contributed by atoms with Crippen molar-refractivity contribution in [1.82, 2.24) is 29.9 Å². The van der Waals surface area contributed by atoms with Gasteiger partial charge in [0.25, 0.3) is 40.1 Å². The van der Waals surface area contributed by atoms with Crippen molar-refractivity contribution in [3.63, 3.8) is 0 Å². The summed E-state index contributed by atoms with van der Waals surface area (Å²) in [4.78, 5) is 46.5. The van der Waals surface area contributed by atoms with Gasteiger partial charge in [-0.05, 0) is 171 Å². The number of benzene rings is 6. The Bertz CT molecular complexity index is 6530. The van der Waals surface area contributed by atoms with Crippen LogP contribution in [-0.2, 0) is 64.8 Å². The number of aliphatic hydroxyl groups is 1. The molecule has 646 valence electrons. The van der Waals surface area contributed by atoms with Gasteiger partial charge in [0.2, 0.25) is 17.4 Å². The van der Waals surface area contributed by atoms with Crippen molar-refractivity contribution in [3.05, 3.63) is 325 Å². The second-order valence-electron chi connectivity index (χ2n) is 25.1. The zero-order chi connectivity index (χ0) is 91.0. The highest BCUT2D eigenvalue weighted by molar-refractivity contribution is 7.93. The number of anilines is 4. The molecule has 0 bridgehead atoms. The van der Waals surface area contributed by atoms with Gasteiger partial charge in [-0.1, -0.05) is 134 Å². The van der Waals surface area contributed by atoms with E-state index in [1.807, 2.05) is 13.0 Å². The van der Waals surface area contributed by atoms with Crippen LogP contribution in [0.2, 0.25) is 45.2 Å². The molecule has 22 nitrogen and oxygen atoms in total. The average Bonchev–Trinajstić information content (AvgIpc) is 0.796. The fraction of sp³-hybridized carbons (Fsp3) is 0.105. The van der Waals surface area contributed by atoms with Crippen LogP contribution in [0.5, 0.6) is 11.6 Å². The third-order valence-electron chi connectivity index (χ3n) is 16.1. The van der Waals surface area contributed by atoms with Gasteiger partial charge in [-0.15, -0.1) is 0 Å². The van der Waals surface area contributed by atoms with Gasteiger partial charge in [0, 0.05) is 60.2 Å². The number of hydrogen-bond acceptors (Lipinski definition) is 18. The van der Waals surface area contributed by atoms with E-state index in [1.54, 1.807) is 44.2 Å². The van der Waals surface area contributed by atoms with Gasteiger partial charge < -0.3 is 9.84 Å². The Morgan fingerprint density at radius 2 is 0.764 bits per heavy atom. The highest BCUT2D eigenvalue weighted by Crippen LogP contribution is 2.43. The monoisotopic (exact) mass is 1960 g/mol. The van der Waals surface area contributed by atoms with Crippen molar-refractivity contribution >= 4 is 179 Å². The van der Waals surface area contributed by atoms with E-state index in [4.69, 9.17) is 109 Å². The first-order valence-corrected chi connectivity index (χ1v) is 42.8. The summed E-state index contributed by atoms with van der Waals surface area (Å²) in [5, 5.41) is 8.25. The number of halogens is 21. The lowest BCUT2D eigenvalue weighted by atomic mass is 10.1. The molecule has 6 heterocycles. The van der Waals surface area contributed by atoms with Gasteiger partial charge in [0.1, 0.15) is 28.9 Å². The summed E-state index contributed by atoms with van der Waals surface area (Å²) in [5.41, 5.74) is -3.95. The minimum Gasteiger partial charge on any atom is -0.437 e. The van der Waals surface area contributed by atoms with E-state index >= 15 is 0 Å². The maximum absolute atomic E-state index is 13.1. The lowest BCUT2D eigenvalue weighted by molar-refractivity contribution is -0.138. The molecule has 0 amide bonds. The van der Waals surface area contributed by atoms with E-state index in [0.29, 0.717) is 41.3 Å². The fourth-order valence-corrected chi connectivity index (χ4v) is 16.4. The molecule has 0 radical (unpaired) electrons. The number of ketones is 2. The quantitative estimate of drug-likeness (QED) is 0.0350. The second kappa shape index (κ2) is 39.1. The van der Waals surface area contributed by atoms with Gasteiger partial charge in [-0.3, -0.25) is 43.4 Å². The summed E-state index contributed by atoms with van der Waals surface area (Å²) < 4.78 is 273. The summed E-state index contributed by atoms with van der Waals surface area (Å²) in [7, 11) is -18.1. The number of sulfonamides is 4. The SMILES string of the molecule is Cc1ccc(C(=O)c2ncc(Cl)cc2NS(=O)(=O)c2ccc(Cl)c(C(F)(F)F)c2)cn1.Cc1ccc(Oc2ncc(Cl)cc2NS(=O)(=O)c2ccc(Cl)c(C(F)(F)F)c2)c(C)c1.O=C(c1ccccc1Cl)c1ncc(Cl)cc1NS(=O)(=O)c1ccc(Cl)c(C(F)(F)F)c1.O=S(=O)(Nc1cc(Cl)cnc1C(O)c1ccncc1)c1ccc(Cl)c(C(F)(F)F)c1. The van der Waals surface area contributed by atoms with Crippen LogP contribution in [0, 0.1) is 20.8 Å². The zero-order valence-corrected chi connectivity index (χ0v) is 71.5. The van der Waals surface area contributed by atoms with E-state index in [0.717, 1.165) is 84.2 Å². The van der Waals surface area contributed by atoms with Gasteiger partial charge in [-0.2, -0.15) is 52.7 Å². The van der Waals surface area contributed by atoms with Crippen molar-refractivity contribution in [2.45, 2.75) is 71.2 Å². The van der Waals surface area contributed by atoms with Crippen LogP contribution >= 0.6 is 104 Å². The van der Waals surface area contributed by atoms with Gasteiger partial charge >= 0.3 is 24.7 Å². The molecule has 5 N–H and O–H groups in total. The number of nitrogens with one attached hydrogen (secondary N) is 4. The van der Waals surface area contributed by atoms with Crippen molar-refractivity contribution < 1.29 is 106 Å². The standard InChI is InChI=1S/C20H15Cl2F3N2O3S.C19H10Cl3F3N2O3S.C19H12Cl2F3N3O3S.C18H12Cl2F3N3O3S/c1-11-3-6-18(12(2)7-11)30-19-17(8-13(21)10-26-19)27-31(28,29)14-4-5-16(22)15(9-14)20(23,24)25;20-10-7-16(17(26-9-10)18(28)12-3-1-2-4-14(12)21)27-31(29,30)11-5-6-15(22)13(8-11)19(23,24)25;1-10-2-3-11(8-25-10)18(28)17-16(6-12(20)9-26-17)27-31(29,30)13-4-5-15(21)14(7-13)19(22,23)24;19-11-7-15(16(25-9-11)17(27)10-3-5-24-6-4-10)26-30(28,29)12-1-2-14(20)13(8-12)18(21,22)23/h3-10,27H,1-2H3;1-9,27H;2-9,27H,1H3;1-9,17,26-27H. The van der Waals surface area contributed by atoms with E-state index in [9.17, 15) is 101 Å². The topological polar surface area (TPSA) is 326 Å². The molecule has 47 heteroatoms. The lowest BCUT2D eigenvalue weighted by Crippen LogP contribution is -2.18. The Morgan fingerprint density at radius 1 is 0.390 bits per heavy atom. The van der Waals surface area contributed by atoms with Crippen LogP contribution in [0.3, 0.4) is 0 Å². The molecule has 6 aromatic carbocycles. The minimum absolute atomic E-state index is 0.00312. The van der Waals surface area contributed by atoms with Gasteiger partial charge in [0.15, 0.2) is 0 Å². The molecular formula is C76H49Cl9F12N10O12S4. The van der Waals surface area contributed by atoms with Crippen LogP contribution in [0.4, 0.5) is 75.4 Å². The number of alkyl halides is 12. The molecule has 123 heavy (non-hydrogen) atoms. The highest BCUT2D eigenvalue weighted by atomic mass is 35.5.